The zero-order chi connectivity index (χ0) is 20.8. The van der Waals surface area contributed by atoms with Crippen LogP contribution in [-0.2, 0) is 9.53 Å². The van der Waals surface area contributed by atoms with Gasteiger partial charge in [0.1, 0.15) is 5.75 Å². The molecule has 1 saturated carbocycles. The van der Waals surface area contributed by atoms with Crippen LogP contribution in [0.25, 0.3) is 0 Å². The molecule has 2 aliphatic rings. The fraction of sp³-hybridized carbons (Fsp3) is 0.458. The molecule has 2 fully saturated rings. The van der Waals surface area contributed by atoms with Crippen molar-refractivity contribution in [2.75, 3.05) is 43.1 Å². The third-order valence-corrected chi connectivity index (χ3v) is 6.21. The topological polar surface area (TPSA) is 50.8 Å². The maximum atomic E-state index is 12.3. The second kappa shape index (κ2) is 10.2. The number of hydrogen-bond donors (Lipinski definition) is 1. The molecule has 1 heterocycles. The van der Waals surface area contributed by atoms with E-state index in [4.69, 9.17) is 21.1 Å². The first-order valence-corrected chi connectivity index (χ1v) is 11.2. The Bertz CT molecular complexity index is 844. The van der Waals surface area contributed by atoms with Crippen LogP contribution in [0.5, 0.6) is 5.75 Å². The summed E-state index contributed by atoms with van der Waals surface area (Å²) >= 11 is 6.43. The minimum absolute atomic E-state index is 0.0361. The molecule has 0 radical (unpaired) electrons. The molecule has 1 saturated heterocycles. The number of ether oxygens (including phenoxy) is 2. The second-order valence-corrected chi connectivity index (χ2v) is 8.41. The summed E-state index contributed by atoms with van der Waals surface area (Å²) in [4.78, 5) is 14.5. The number of morpholine rings is 1. The Morgan fingerprint density at radius 2 is 1.80 bits per heavy atom. The van der Waals surface area contributed by atoms with E-state index in [-0.39, 0.29) is 12.5 Å². The lowest BCUT2D eigenvalue weighted by atomic mass is 9.84. The molecule has 1 amide bonds. The Labute approximate surface area is 183 Å². The van der Waals surface area contributed by atoms with Crippen LogP contribution in [0.1, 0.15) is 43.6 Å². The molecule has 0 unspecified atom stereocenters. The lowest BCUT2D eigenvalue weighted by Gasteiger charge is -2.29. The van der Waals surface area contributed by atoms with Gasteiger partial charge in [-0.05, 0) is 54.7 Å². The average Bonchev–Trinajstić information content (AvgIpc) is 2.79. The van der Waals surface area contributed by atoms with E-state index in [0.717, 1.165) is 18.8 Å². The summed E-state index contributed by atoms with van der Waals surface area (Å²) in [6, 6.07) is 13.8. The Morgan fingerprint density at radius 3 is 2.50 bits per heavy atom. The van der Waals surface area contributed by atoms with E-state index >= 15 is 0 Å². The summed E-state index contributed by atoms with van der Waals surface area (Å²) in [7, 11) is 0. The number of carbonyl (C=O) groups excluding carboxylic acids is 1. The van der Waals surface area contributed by atoms with Crippen molar-refractivity contribution in [1.82, 2.24) is 0 Å². The quantitative estimate of drug-likeness (QED) is 0.683. The summed E-state index contributed by atoms with van der Waals surface area (Å²) in [5.41, 5.74) is 3.01. The Kier molecular flexibility index (Phi) is 7.13. The first kappa shape index (κ1) is 21.0. The molecule has 6 heteroatoms. The van der Waals surface area contributed by atoms with Crippen molar-refractivity contribution in [3.05, 3.63) is 53.1 Å². The first-order valence-electron chi connectivity index (χ1n) is 10.8. The summed E-state index contributed by atoms with van der Waals surface area (Å²) < 4.78 is 11.0. The fourth-order valence-corrected chi connectivity index (χ4v) is 4.56. The molecule has 0 spiro atoms. The molecule has 1 N–H and O–H groups in total. The largest absolute Gasteiger partial charge is 0.484 e. The smallest absolute Gasteiger partial charge is 0.262 e. The molecule has 2 aromatic rings. The number of amides is 1. The monoisotopic (exact) mass is 428 g/mol. The molecule has 0 aromatic heterocycles. The molecule has 5 nitrogen and oxygen atoms in total. The molecule has 1 aliphatic carbocycles. The maximum absolute atomic E-state index is 12.3. The summed E-state index contributed by atoms with van der Waals surface area (Å²) in [6.07, 6.45) is 6.54. The molecule has 30 heavy (non-hydrogen) atoms. The second-order valence-electron chi connectivity index (χ2n) is 8.01. The minimum atomic E-state index is -0.207. The summed E-state index contributed by atoms with van der Waals surface area (Å²) in [5, 5.41) is 3.47. The van der Waals surface area contributed by atoms with Gasteiger partial charge in [-0.15, -0.1) is 0 Å². The van der Waals surface area contributed by atoms with E-state index in [2.05, 4.69) is 22.3 Å². The van der Waals surface area contributed by atoms with Crippen LogP contribution in [0.4, 0.5) is 11.4 Å². The van der Waals surface area contributed by atoms with E-state index in [1.807, 2.05) is 24.3 Å². The number of halogens is 1. The molecule has 2 aromatic carbocycles. The zero-order valence-electron chi connectivity index (χ0n) is 17.2. The minimum Gasteiger partial charge on any atom is -0.484 e. The number of rotatable bonds is 6. The van der Waals surface area contributed by atoms with E-state index < -0.39 is 0 Å². The Hall–Kier alpha value is -2.24. The van der Waals surface area contributed by atoms with E-state index in [1.54, 1.807) is 6.07 Å². The van der Waals surface area contributed by atoms with Crippen molar-refractivity contribution < 1.29 is 14.3 Å². The van der Waals surface area contributed by atoms with Gasteiger partial charge in [0.15, 0.2) is 6.61 Å². The maximum Gasteiger partial charge on any atom is 0.262 e. The van der Waals surface area contributed by atoms with Crippen molar-refractivity contribution in [3.8, 4) is 5.75 Å². The van der Waals surface area contributed by atoms with Gasteiger partial charge in [-0.3, -0.25) is 4.79 Å². The van der Waals surface area contributed by atoms with Crippen LogP contribution in [0.15, 0.2) is 42.5 Å². The van der Waals surface area contributed by atoms with Gasteiger partial charge in [0.2, 0.25) is 0 Å². The van der Waals surface area contributed by atoms with Crippen LogP contribution in [0.3, 0.4) is 0 Å². The highest BCUT2D eigenvalue weighted by Gasteiger charge is 2.16. The van der Waals surface area contributed by atoms with Gasteiger partial charge in [-0.1, -0.05) is 43.0 Å². The van der Waals surface area contributed by atoms with Gasteiger partial charge < -0.3 is 19.7 Å². The Balaban J connectivity index is 1.27. The third kappa shape index (κ3) is 5.46. The van der Waals surface area contributed by atoms with Crippen LogP contribution in [0, 0.1) is 0 Å². The van der Waals surface area contributed by atoms with E-state index in [9.17, 15) is 4.79 Å². The number of carbonyl (C=O) groups is 1. The summed E-state index contributed by atoms with van der Waals surface area (Å²) in [5.74, 6) is 1.17. The normalized spacial score (nSPS) is 17.6. The van der Waals surface area contributed by atoms with Crippen LogP contribution in [0.2, 0.25) is 5.02 Å². The predicted octanol–water partition coefficient (Wildman–Crippen LogP) is 5.24. The fourth-order valence-electron chi connectivity index (χ4n) is 4.26. The number of anilines is 2. The molecule has 4 rings (SSSR count). The van der Waals surface area contributed by atoms with Gasteiger partial charge in [0.25, 0.3) is 5.91 Å². The van der Waals surface area contributed by atoms with Crippen molar-refractivity contribution >= 4 is 28.9 Å². The molecular weight excluding hydrogens is 400 g/mol. The van der Waals surface area contributed by atoms with E-state index in [1.165, 1.54) is 37.7 Å². The number of hydrogen-bond acceptors (Lipinski definition) is 4. The number of benzene rings is 2. The van der Waals surface area contributed by atoms with Crippen molar-refractivity contribution in [1.29, 1.82) is 0 Å². The van der Waals surface area contributed by atoms with Gasteiger partial charge >= 0.3 is 0 Å². The van der Waals surface area contributed by atoms with E-state index in [0.29, 0.717) is 35.6 Å². The molecule has 1 aliphatic heterocycles. The van der Waals surface area contributed by atoms with Crippen LogP contribution in [-0.4, -0.2) is 38.8 Å². The lowest BCUT2D eigenvalue weighted by molar-refractivity contribution is -0.118. The van der Waals surface area contributed by atoms with Crippen molar-refractivity contribution in [3.63, 3.8) is 0 Å². The van der Waals surface area contributed by atoms with Crippen LogP contribution < -0.4 is 15.0 Å². The summed E-state index contributed by atoms with van der Waals surface area (Å²) in [6.45, 7) is 3.00. The van der Waals surface area contributed by atoms with Gasteiger partial charge in [-0.2, -0.15) is 0 Å². The number of nitrogens with one attached hydrogen (secondary N) is 1. The van der Waals surface area contributed by atoms with Gasteiger partial charge in [0, 0.05) is 18.8 Å². The Morgan fingerprint density at radius 1 is 1.07 bits per heavy atom. The van der Waals surface area contributed by atoms with Crippen molar-refractivity contribution in [2.45, 2.75) is 38.0 Å². The highest BCUT2D eigenvalue weighted by Crippen LogP contribution is 2.33. The van der Waals surface area contributed by atoms with Gasteiger partial charge in [-0.25, -0.2) is 0 Å². The van der Waals surface area contributed by atoms with Gasteiger partial charge in [0.05, 0.1) is 23.9 Å². The zero-order valence-corrected chi connectivity index (χ0v) is 18.0. The number of nitrogens with zero attached hydrogens (tertiary/aromatic N) is 1. The molecular formula is C24H29ClN2O3. The lowest BCUT2D eigenvalue weighted by Crippen LogP contribution is -2.36. The highest BCUT2D eigenvalue weighted by molar-refractivity contribution is 6.33. The molecule has 0 bridgehead atoms. The highest BCUT2D eigenvalue weighted by atomic mass is 35.5. The van der Waals surface area contributed by atoms with Crippen LogP contribution >= 0.6 is 11.6 Å². The SMILES string of the molecule is O=C(COc1ccc(C2CCCCC2)cc1)Nc1ccc(N2CCOCC2)c(Cl)c1. The predicted molar refractivity (Wildman–Crippen MR) is 121 cm³/mol. The third-order valence-electron chi connectivity index (χ3n) is 5.91. The molecule has 0 atom stereocenters. The standard InChI is InChI=1S/C24H29ClN2O3/c25-22-16-20(8-11-23(22)27-12-14-29-15-13-27)26-24(28)17-30-21-9-6-19(7-10-21)18-4-2-1-3-5-18/h6-11,16,18H,1-5,12-15,17H2,(H,26,28). The average molecular weight is 429 g/mol. The first-order chi connectivity index (χ1) is 14.7. The van der Waals surface area contributed by atoms with Crippen molar-refractivity contribution in [2.24, 2.45) is 0 Å². The molecule has 160 valence electrons.